The van der Waals surface area contributed by atoms with Gasteiger partial charge in [0.1, 0.15) is 0 Å². The Morgan fingerprint density at radius 3 is 1.75 bits per heavy atom. The van der Waals surface area contributed by atoms with Crippen LogP contribution in [0.3, 0.4) is 0 Å². The number of hydrogen-bond donors (Lipinski definition) is 3. The summed E-state index contributed by atoms with van der Waals surface area (Å²) in [7, 11) is 0. The largest absolute Gasteiger partial charge is 0.309 e. The lowest BCUT2D eigenvalue weighted by Gasteiger charge is -2.40. The average molecular weight is 722 g/mol. The van der Waals surface area contributed by atoms with Gasteiger partial charge >= 0.3 is 0 Å². The molecule has 56 heavy (non-hydrogen) atoms. The highest BCUT2D eigenvalue weighted by molar-refractivity contribution is 6.08. The van der Waals surface area contributed by atoms with Crippen LogP contribution < -0.4 is 16.0 Å². The fourth-order valence-electron chi connectivity index (χ4n) is 9.53. The molecule has 2 aromatic heterocycles. The molecule has 0 bridgehead atoms. The molecule has 11 rings (SSSR count). The van der Waals surface area contributed by atoms with Crippen LogP contribution in [0.4, 0.5) is 0 Å². The molecule has 0 amide bonds. The maximum atomic E-state index is 4.45. The minimum absolute atomic E-state index is 0.0996. The number of hydrogen-bond acceptors (Lipinski definition) is 4. The van der Waals surface area contributed by atoms with E-state index in [0.717, 1.165) is 16.6 Å². The van der Waals surface area contributed by atoms with E-state index >= 15 is 0 Å². The lowest BCUT2D eigenvalue weighted by molar-refractivity contribution is 0.203. The monoisotopic (exact) mass is 721 g/mol. The molecule has 2 aliphatic rings. The molecule has 3 heterocycles. The molecule has 9 aromatic rings. The van der Waals surface area contributed by atoms with Crippen molar-refractivity contribution in [2.75, 3.05) is 0 Å². The summed E-state index contributed by atoms with van der Waals surface area (Å²) in [5, 5.41) is 14.3. The predicted octanol–water partition coefficient (Wildman–Crippen LogP) is 10.7. The van der Waals surface area contributed by atoms with Crippen molar-refractivity contribution in [2.24, 2.45) is 0 Å². The van der Waals surface area contributed by atoms with Gasteiger partial charge in [-0.2, -0.15) is 0 Å². The van der Waals surface area contributed by atoms with E-state index in [9.17, 15) is 0 Å². The van der Waals surface area contributed by atoms with Crippen LogP contribution in [-0.4, -0.2) is 9.55 Å². The zero-order valence-corrected chi connectivity index (χ0v) is 30.7. The second-order valence-electron chi connectivity index (χ2n) is 14.8. The Morgan fingerprint density at radius 2 is 1.02 bits per heavy atom. The van der Waals surface area contributed by atoms with Crippen LogP contribution in [0, 0.1) is 0 Å². The van der Waals surface area contributed by atoms with Crippen molar-refractivity contribution in [1.82, 2.24) is 25.5 Å². The number of benzene rings is 7. The van der Waals surface area contributed by atoms with Gasteiger partial charge < -0.3 is 4.57 Å². The van der Waals surface area contributed by atoms with Gasteiger partial charge in [0.25, 0.3) is 0 Å². The van der Waals surface area contributed by atoms with Crippen molar-refractivity contribution in [3.8, 4) is 16.8 Å². The van der Waals surface area contributed by atoms with Crippen molar-refractivity contribution >= 4 is 21.8 Å². The van der Waals surface area contributed by atoms with E-state index in [2.05, 4.69) is 214 Å². The molecule has 7 aromatic carbocycles. The molecular weight excluding hydrogens is 683 g/mol. The highest BCUT2D eigenvalue weighted by atomic mass is 15.4. The minimum Gasteiger partial charge on any atom is -0.309 e. The number of pyridine rings is 1. The van der Waals surface area contributed by atoms with Crippen LogP contribution >= 0.6 is 0 Å². The van der Waals surface area contributed by atoms with Crippen LogP contribution in [0.1, 0.15) is 57.4 Å². The number of rotatable bonds is 6. The summed E-state index contributed by atoms with van der Waals surface area (Å²) in [6, 6.07) is 68.3. The summed E-state index contributed by atoms with van der Waals surface area (Å²) in [4.78, 5) is 4.45. The van der Waals surface area contributed by atoms with Crippen LogP contribution in [0.2, 0.25) is 0 Å². The van der Waals surface area contributed by atoms with Crippen LogP contribution in [0.25, 0.3) is 38.6 Å². The normalized spacial score (nSPS) is 18.5. The summed E-state index contributed by atoms with van der Waals surface area (Å²) >= 11 is 0. The molecule has 1 fully saturated rings. The van der Waals surface area contributed by atoms with E-state index in [1.165, 1.54) is 61.0 Å². The molecule has 0 spiro atoms. The zero-order chi connectivity index (χ0) is 37.1. The van der Waals surface area contributed by atoms with Crippen molar-refractivity contribution < 1.29 is 0 Å². The maximum Gasteiger partial charge on any atom is 0.0870 e. The van der Waals surface area contributed by atoms with Gasteiger partial charge in [-0.3, -0.25) is 20.9 Å². The molecule has 3 unspecified atom stereocenters. The fourth-order valence-corrected chi connectivity index (χ4v) is 9.53. The second-order valence-corrected chi connectivity index (χ2v) is 14.8. The van der Waals surface area contributed by atoms with Crippen molar-refractivity contribution in [2.45, 2.75) is 23.9 Å². The van der Waals surface area contributed by atoms with Gasteiger partial charge in [0.15, 0.2) is 0 Å². The topological polar surface area (TPSA) is 53.9 Å². The van der Waals surface area contributed by atoms with Crippen molar-refractivity contribution in [1.29, 1.82) is 0 Å². The summed E-state index contributed by atoms with van der Waals surface area (Å²) in [5.41, 5.74) is 14.2. The predicted molar refractivity (Wildman–Crippen MR) is 226 cm³/mol. The molecule has 3 N–H and O–H groups in total. The fraction of sp³-hybridized carbons (Fsp3) is 0.0784. The van der Waals surface area contributed by atoms with E-state index in [1.807, 2.05) is 12.4 Å². The smallest absolute Gasteiger partial charge is 0.0870 e. The summed E-state index contributed by atoms with van der Waals surface area (Å²) in [6.45, 7) is 0. The number of nitrogens with zero attached hydrogens (tertiary/aromatic N) is 2. The minimum atomic E-state index is -0.464. The third-order valence-corrected chi connectivity index (χ3v) is 11.9. The first-order chi connectivity index (χ1) is 27.8. The Morgan fingerprint density at radius 1 is 0.446 bits per heavy atom. The molecule has 1 aliphatic carbocycles. The van der Waals surface area contributed by atoms with Gasteiger partial charge in [-0.1, -0.05) is 164 Å². The first kappa shape index (κ1) is 32.8. The second kappa shape index (κ2) is 13.3. The first-order valence-corrected chi connectivity index (χ1v) is 19.4. The van der Waals surface area contributed by atoms with Crippen LogP contribution in [0.5, 0.6) is 0 Å². The van der Waals surface area contributed by atoms with Gasteiger partial charge in [0, 0.05) is 28.9 Å². The third-order valence-electron chi connectivity index (χ3n) is 11.9. The Kier molecular flexibility index (Phi) is 7.78. The van der Waals surface area contributed by atoms with E-state index in [4.69, 9.17) is 0 Å². The third kappa shape index (κ3) is 5.03. The number of fused-ring (bicyclic) bond motifs is 6. The summed E-state index contributed by atoms with van der Waals surface area (Å²) in [5.74, 6) is 0. The van der Waals surface area contributed by atoms with Crippen LogP contribution in [-0.2, 0) is 5.41 Å². The lowest BCUT2D eigenvalue weighted by atomic mass is 9.67. The number of nitrogens with one attached hydrogen (secondary N) is 3. The van der Waals surface area contributed by atoms with Crippen molar-refractivity contribution in [3.05, 3.63) is 239 Å². The Hall–Kier alpha value is -6.63. The van der Waals surface area contributed by atoms with Gasteiger partial charge in [-0.05, 0) is 74.3 Å². The van der Waals surface area contributed by atoms with E-state index in [0.29, 0.717) is 0 Å². The molecule has 3 atom stereocenters. The highest BCUT2D eigenvalue weighted by Crippen LogP contribution is 2.57. The molecule has 1 saturated heterocycles. The van der Waals surface area contributed by atoms with E-state index in [-0.39, 0.29) is 18.5 Å². The average Bonchev–Trinajstić information content (AvgIpc) is 3.78. The molecular formula is C51H39N5. The van der Waals surface area contributed by atoms with E-state index < -0.39 is 5.41 Å². The van der Waals surface area contributed by atoms with Crippen LogP contribution in [0.15, 0.2) is 200 Å². The molecule has 5 nitrogen and oxygen atoms in total. The van der Waals surface area contributed by atoms with E-state index in [1.54, 1.807) is 0 Å². The SMILES string of the molecule is c1ccc(C2NC(c3ccc(-n4c5ccccc5c5cnccc54)cc3)NC(c3cccc4c3-c3ccccc3C4(c3ccccc3)c3ccccc3)N2)cc1. The van der Waals surface area contributed by atoms with Gasteiger partial charge in [0.05, 0.1) is 34.9 Å². The van der Waals surface area contributed by atoms with Gasteiger partial charge in [-0.15, -0.1) is 0 Å². The molecule has 0 saturated carbocycles. The lowest BCUT2D eigenvalue weighted by Crippen LogP contribution is -2.54. The number of aromatic nitrogens is 2. The molecule has 268 valence electrons. The van der Waals surface area contributed by atoms with Crippen molar-refractivity contribution in [3.63, 3.8) is 0 Å². The summed E-state index contributed by atoms with van der Waals surface area (Å²) in [6.07, 6.45) is 3.45. The zero-order valence-electron chi connectivity index (χ0n) is 30.7. The van der Waals surface area contributed by atoms with Gasteiger partial charge in [-0.25, -0.2) is 0 Å². The Balaban J connectivity index is 1.04. The Bertz CT molecular complexity index is 2760. The Labute approximate surface area is 326 Å². The molecule has 1 aliphatic heterocycles. The highest BCUT2D eigenvalue weighted by Gasteiger charge is 2.47. The first-order valence-electron chi connectivity index (χ1n) is 19.4. The summed E-state index contributed by atoms with van der Waals surface area (Å²) < 4.78 is 2.34. The van der Waals surface area contributed by atoms with Gasteiger partial charge in [0.2, 0.25) is 0 Å². The standard InChI is InChI=1S/C51H39N5/c1-4-15-34(16-5-1)48-53-49(35-27-29-38(30-28-35)56-45-26-13-11-21-39(45)42-33-52-32-31-46(42)56)55-50(54-48)41-23-14-25-44-47(41)40-22-10-12-24-43(40)51(44,36-17-6-2-7-18-36)37-19-8-3-9-20-37/h1-33,48-50,53-55H. The number of para-hydroxylation sites is 1. The quantitative estimate of drug-likeness (QED) is 0.160. The maximum absolute atomic E-state index is 4.45. The molecule has 5 heteroatoms. The molecule has 0 radical (unpaired) electrons.